The van der Waals surface area contributed by atoms with Gasteiger partial charge in [0.15, 0.2) is 0 Å². The van der Waals surface area contributed by atoms with Crippen LogP contribution in [-0.4, -0.2) is 37.8 Å². The van der Waals surface area contributed by atoms with Crippen LogP contribution in [0.3, 0.4) is 0 Å². The van der Waals surface area contributed by atoms with E-state index in [1.54, 1.807) is 42.8 Å². The molecule has 4 rings (SSSR count). The zero-order chi connectivity index (χ0) is 25.0. The van der Waals surface area contributed by atoms with E-state index in [0.29, 0.717) is 22.7 Å². The lowest BCUT2D eigenvalue weighted by Gasteiger charge is -2.23. The highest BCUT2D eigenvalue weighted by molar-refractivity contribution is 7.92. The van der Waals surface area contributed by atoms with Crippen molar-refractivity contribution in [3.63, 3.8) is 0 Å². The van der Waals surface area contributed by atoms with Crippen molar-refractivity contribution in [2.24, 2.45) is 0 Å². The molecule has 1 heterocycles. The molecule has 0 unspecified atom stereocenters. The number of sulfonamides is 1. The average molecular weight is 491 g/mol. The number of amides is 1. The molecule has 3 aromatic carbocycles. The van der Waals surface area contributed by atoms with E-state index in [9.17, 15) is 13.2 Å². The quantitative estimate of drug-likeness (QED) is 0.388. The van der Waals surface area contributed by atoms with Crippen LogP contribution in [0.2, 0.25) is 0 Å². The zero-order valence-corrected chi connectivity index (χ0v) is 20.5. The normalized spacial score (nSPS) is 11.2. The molecule has 0 radical (unpaired) electrons. The number of benzene rings is 3. The Morgan fingerprint density at radius 1 is 1.03 bits per heavy atom. The number of methoxy groups -OCH3 is 1. The number of carbonyl (C=O) groups excluding carboxylic acids is 1. The van der Waals surface area contributed by atoms with Gasteiger partial charge in [0.1, 0.15) is 5.75 Å². The molecule has 1 N–H and O–H groups in total. The van der Waals surface area contributed by atoms with Gasteiger partial charge >= 0.3 is 0 Å². The molecule has 9 heteroatoms. The van der Waals surface area contributed by atoms with Crippen LogP contribution in [-0.2, 0) is 10.0 Å². The van der Waals surface area contributed by atoms with E-state index < -0.39 is 15.9 Å². The Morgan fingerprint density at radius 3 is 2.31 bits per heavy atom. The van der Waals surface area contributed by atoms with E-state index in [1.165, 1.54) is 35.8 Å². The third kappa shape index (κ3) is 4.76. The first-order valence-corrected chi connectivity index (χ1v) is 12.5. The zero-order valence-electron chi connectivity index (χ0n) is 19.7. The fourth-order valence-electron chi connectivity index (χ4n) is 3.81. The molecule has 1 aromatic heterocycles. The fraction of sp³-hybridized carbons (Fsp3) is 0.154. The van der Waals surface area contributed by atoms with Gasteiger partial charge in [0, 0.05) is 6.54 Å². The molecule has 1 amide bonds. The first kappa shape index (κ1) is 24.0. The van der Waals surface area contributed by atoms with Gasteiger partial charge in [-0.25, -0.2) is 13.1 Å². The van der Waals surface area contributed by atoms with Crippen molar-refractivity contribution in [3.8, 4) is 11.4 Å². The standard InChI is InChI=1S/C26H26N4O4S/c1-4-29(20-11-7-5-8-12-20)35(32,33)22-15-16-25(34-3)24(17-22)28-26(31)23-18-27-30(19(23)2)21-13-9-6-10-14-21/h5-18H,4H2,1-3H3,(H,28,31). The van der Waals surface area contributed by atoms with E-state index in [0.717, 1.165) is 5.69 Å². The predicted molar refractivity (Wildman–Crippen MR) is 136 cm³/mol. The summed E-state index contributed by atoms with van der Waals surface area (Å²) < 4.78 is 35.3. The molecule has 0 saturated carbocycles. The van der Waals surface area contributed by atoms with E-state index in [2.05, 4.69) is 10.4 Å². The van der Waals surface area contributed by atoms with Gasteiger partial charge in [0.2, 0.25) is 0 Å². The van der Waals surface area contributed by atoms with Gasteiger partial charge in [0.05, 0.1) is 46.5 Å². The first-order chi connectivity index (χ1) is 16.9. The molecule has 4 aromatic rings. The number of rotatable bonds is 8. The summed E-state index contributed by atoms with van der Waals surface area (Å²) in [5.74, 6) is -0.0823. The Morgan fingerprint density at radius 2 is 1.69 bits per heavy atom. The Labute approximate surface area is 204 Å². The van der Waals surface area contributed by atoms with Crippen LogP contribution < -0.4 is 14.4 Å². The molecule has 0 bridgehead atoms. The number of nitrogens with one attached hydrogen (secondary N) is 1. The summed E-state index contributed by atoms with van der Waals surface area (Å²) in [5.41, 5.74) is 2.64. The molecule has 180 valence electrons. The predicted octanol–water partition coefficient (Wildman–Crippen LogP) is 4.66. The van der Waals surface area contributed by atoms with Gasteiger partial charge in [-0.1, -0.05) is 36.4 Å². The second-order valence-electron chi connectivity index (χ2n) is 7.71. The summed E-state index contributed by atoms with van der Waals surface area (Å²) >= 11 is 0. The number of hydrogen-bond acceptors (Lipinski definition) is 5. The van der Waals surface area contributed by atoms with E-state index >= 15 is 0 Å². The van der Waals surface area contributed by atoms with Gasteiger partial charge in [-0.15, -0.1) is 0 Å². The van der Waals surface area contributed by atoms with Crippen LogP contribution in [0.15, 0.2) is 90.0 Å². The van der Waals surface area contributed by atoms with Crippen LogP contribution in [0, 0.1) is 6.92 Å². The number of aromatic nitrogens is 2. The van der Waals surface area contributed by atoms with Gasteiger partial charge < -0.3 is 10.1 Å². The topological polar surface area (TPSA) is 93.5 Å². The van der Waals surface area contributed by atoms with Crippen LogP contribution >= 0.6 is 0 Å². The maximum atomic E-state index is 13.4. The lowest BCUT2D eigenvalue weighted by atomic mass is 10.2. The smallest absolute Gasteiger partial charge is 0.264 e. The van der Waals surface area contributed by atoms with Gasteiger partial charge in [-0.2, -0.15) is 5.10 Å². The number of nitrogens with zero attached hydrogens (tertiary/aromatic N) is 3. The maximum absolute atomic E-state index is 13.4. The van der Waals surface area contributed by atoms with Crippen LogP contribution in [0.25, 0.3) is 5.69 Å². The SMILES string of the molecule is CCN(c1ccccc1)S(=O)(=O)c1ccc(OC)c(NC(=O)c2cnn(-c3ccccc3)c2C)c1. The molecule has 0 atom stereocenters. The summed E-state index contributed by atoms with van der Waals surface area (Å²) in [6.07, 6.45) is 1.49. The van der Waals surface area contributed by atoms with Gasteiger partial charge in [0.25, 0.3) is 15.9 Å². The average Bonchev–Trinajstić information content (AvgIpc) is 3.26. The summed E-state index contributed by atoms with van der Waals surface area (Å²) in [6.45, 7) is 3.81. The molecule has 0 aliphatic carbocycles. The number of hydrogen-bond donors (Lipinski definition) is 1. The third-order valence-corrected chi connectivity index (χ3v) is 7.49. The third-order valence-electron chi connectivity index (χ3n) is 5.59. The van der Waals surface area contributed by atoms with Crippen molar-refractivity contribution in [2.75, 3.05) is 23.3 Å². The van der Waals surface area contributed by atoms with Crippen molar-refractivity contribution in [1.29, 1.82) is 0 Å². The summed E-state index contributed by atoms with van der Waals surface area (Å²) in [7, 11) is -2.42. The minimum absolute atomic E-state index is 0.0380. The maximum Gasteiger partial charge on any atom is 0.264 e. The highest BCUT2D eigenvalue weighted by Crippen LogP contribution is 2.31. The summed E-state index contributed by atoms with van der Waals surface area (Å²) in [4.78, 5) is 13.2. The van der Waals surface area contributed by atoms with E-state index in [4.69, 9.17) is 4.74 Å². The summed E-state index contributed by atoms with van der Waals surface area (Å²) in [5, 5.41) is 7.13. The fourth-order valence-corrected chi connectivity index (χ4v) is 5.31. The van der Waals surface area contributed by atoms with Crippen LogP contribution in [0.5, 0.6) is 5.75 Å². The van der Waals surface area contributed by atoms with E-state index in [-0.39, 0.29) is 17.1 Å². The Bertz CT molecular complexity index is 1430. The lowest BCUT2D eigenvalue weighted by Crippen LogP contribution is -2.30. The molecule has 8 nitrogen and oxygen atoms in total. The second kappa shape index (κ2) is 10.0. The second-order valence-corrected chi connectivity index (χ2v) is 9.57. The highest BCUT2D eigenvalue weighted by Gasteiger charge is 2.25. The molecule has 35 heavy (non-hydrogen) atoms. The van der Waals surface area contributed by atoms with Crippen molar-refractivity contribution >= 4 is 27.3 Å². The van der Waals surface area contributed by atoms with Crippen LogP contribution in [0.4, 0.5) is 11.4 Å². The Balaban J connectivity index is 1.66. The minimum atomic E-state index is -3.88. The summed E-state index contributed by atoms with van der Waals surface area (Å²) in [6, 6.07) is 22.7. The van der Waals surface area contributed by atoms with Crippen molar-refractivity contribution in [1.82, 2.24) is 9.78 Å². The number of carbonyl (C=O) groups is 1. The molecule has 0 aliphatic heterocycles. The molecule has 0 aliphatic rings. The highest BCUT2D eigenvalue weighted by atomic mass is 32.2. The largest absolute Gasteiger partial charge is 0.495 e. The number of para-hydroxylation sites is 2. The van der Waals surface area contributed by atoms with Crippen LogP contribution in [0.1, 0.15) is 23.0 Å². The molecular weight excluding hydrogens is 464 g/mol. The monoisotopic (exact) mass is 490 g/mol. The molecule has 0 saturated heterocycles. The minimum Gasteiger partial charge on any atom is -0.495 e. The molecular formula is C26H26N4O4S. The molecule has 0 spiro atoms. The van der Waals surface area contributed by atoms with Crippen molar-refractivity contribution < 1.29 is 17.9 Å². The number of ether oxygens (including phenoxy) is 1. The van der Waals surface area contributed by atoms with E-state index in [1.807, 2.05) is 36.4 Å². The molecule has 0 fully saturated rings. The first-order valence-electron chi connectivity index (χ1n) is 11.0. The van der Waals surface area contributed by atoms with Gasteiger partial charge in [-0.05, 0) is 56.3 Å². The lowest BCUT2D eigenvalue weighted by molar-refractivity contribution is 0.102. The van der Waals surface area contributed by atoms with Crippen molar-refractivity contribution in [3.05, 3.63) is 96.3 Å². The van der Waals surface area contributed by atoms with Gasteiger partial charge in [-0.3, -0.25) is 9.10 Å². The Kier molecular flexibility index (Phi) is 6.88. The number of anilines is 2. The Hall–Kier alpha value is -4.11. The van der Waals surface area contributed by atoms with Crippen molar-refractivity contribution in [2.45, 2.75) is 18.7 Å².